The number of hydrogen-bond donors (Lipinski definition) is 2. The Morgan fingerprint density at radius 3 is 2.64 bits per heavy atom. The van der Waals surface area contributed by atoms with Gasteiger partial charge in [0.05, 0.1) is 0 Å². The predicted molar refractivity (Wildman–Crippen MR) is 59.4 cm³/mol. The number of carbonyl (C=O) groups excluding carboxylic acids is 1. The van der Waals surface area contributed by atoms with Crippen molar-refractivity contribution < 1.29 is 9.00 Å². The van der Waals surface area contributed by atoms with Crippen LogP contribution in [0.1, 0.15) is 19.8 Å². The molecule has 3 N–H and O–H groups in total. The quantitative estimate of drug-likeness (QED) is 0.627. The van der Waals surface area contributed by atoms with E-state index in [1.54, 1.807) is 6.26 Å². The molecule has 0 rings (SSSR count). The third kappa shape index (κ3) is 7.03. The van der Waals surface area contributed by atoms with Crippen LogP contribution in [0.5, 0.6) is 0 Å². The Bertz CT molecular complexity index is 193. The fourth-order valence-electron chi connectivity index (χ4n) is 1.06. The molecule has 84 valence electrons. The minimum Gasteiger partial charge on any atom is -0.355 e. The topological polar surface area (TPSA) is 72.2 Å². The number of carbonyl (C=O) groups is 1. The first-order valence-corrected chi connectivity index (χ1v) is 6.59. The lowest BCUT2D eigenvalue weighted by molar-refractivity contribution is -0.121. The van der Waals surface area contributed by atoms with Gasteiger partial charge in [-0.3, -0.25) is 9.00 Å². The summed E-state index contributed by atoms with van der Waals surface area (Å²) < 4.78 is 10.7. The molecule has 14 heavy (non-hydrogen) atoms. The zero-order valence-electron chi connectivity index (χ0n) is 8.91. The normalized spacial score (nSPS) is 14.8. The molecule has 0 saturated carbocycles. The molecular weight excluding hydrogens is 200 g/mol. The van der Waals surface area contributed by atoms with Gasteiger partial charge in [-0.2, -0.15) is 0 Å². The van der Waals surface area contributed by atoms with Crippen molar-refractivity contribution in [2.24, 2.45) is 11.7 Å². The summed E-state index contributed by atoms with van der Waals surface area (Å²) in [5, 5.41) is 2.73. The summed E-state index contributed by atoms with van der Waals surface area (Å²) in [6.45, 7) is 3.05. The summed E-state index contributed by atoms with van der Waals surface area (Å²) in [6, 6.07) is 0. The number of nitrogens with one attached hydrogen (secondary N) is 1. The van der Waals surface area contributed by atoms with Gasteiger partial charge in [-0.05, 0) is 12.5 Å². The van der Waals surface area contributed by atoms with Crippen LogP contribution >= 0.6 is 0 Å². The van der Waals surface area contributed by atoms with E-state index in [9.17, 15) is 9.00 Å². The fraction of sp³-hybridized carbons (Fsp3) is 0.889. The minimum atomic E-state index is -0.838. The van der Waals surface area contributed by atoms with Gasteiger partial charge in [0, 0.05) is 35.8 Å². The number of nitrogens with two attached hydrogens (primary N) is 1. The number of amides is 1. The molecule has 2 unspecified atom stereocenters. The van der Waals surface area contributed by atoms with Crippen LogP contribution in [-0.4, -0.2) is 35.2 Å². The van der Waals surface area contributed by atoms with E-state index in [2.05, 4.69) is 5.32 Å². The summed E-state index contributed by atoms with van der Waals surface area (Å²) in [6.07, 6.45) is 3.02. The second-order valence-electron chi connectivity index (χ2n) is 3.34. The molecule has 0 heterocycles. The van der Waals surface area contributed by atoms with Gasteiger partial charge in [-0.25, -0.2) is 0 Å². The van der Waals surface area contributed by atoms with Crippen molar-refractivity contribution in [3.63, 3.8) is 0 Å². The zero-order chi connectivity index (χ0) is 11.0. The monoisotopic (exact) mass is 220 g/mol. The lowest BCUT2D eigenvalue weighted by Crippen LogP contribution is -2.30. The number of hydrogen-bond acceptors (Lipinski definition) is 3. The third-order valence-electron chi connectivity index (χ3n) is 2.10. The molecule has 2 atom stereocenters. The Balaban J connectivity index is 3.59. The van der Waals surface area contributed by atoms with Crippen molar-refractivity contribution >= 4 is 16.7 Å². The Morgan fingerprint density at radius 1 is 1.57 bits per heavy atom. The highest BCUT2D eigenvalue weighted by Gasteiger charge is 2.09. The molecule has 5 heteroatoms. The first-order chi connectivity index (χ1) is 6.60. The van der Waals surface area contributed by atoms with Crippen molar-refractivity contribution in [1.82, 2.24) is 5.32 Å². The van der Waals surface area contributed by atoms with Gasteiger partial charge in [0.1, 0.15) is 0 Å². The molecule has 0 aromatic carbocycles. The van der Waals surface area contributed by atoms with Crippen molar-refractivity contribution in [2.45, 2.75) is 19.8 Å². The highest BCUT2D eigenvalue weighted by molar-refractivity contribution is 7.84. The molecule has 0 bridgehead atoms. The first-order valence-electron chi connectivity index (χ1n) is 4.86. The third-order valence-corrected chi connectivity index (χ3v) is 2.88. The van der Waals surface area contributed by atoms with Crippen LogP contribution in [0.25, 0.3) is 0 Å². The second-order valence-corrected chi connectivity index (χ2v) is 4.90. The summed E-state index contributed by atoms with van der Waals surface area (Å²) in [7, 11) is -0.838. The van der Waals surface area contributed by atoms with Crippen LogP contribution in [-0.2, 0) is 15.6 Å². The van der Waals surface area contributed by atoms with Gasteiger partial charge in [-0.1, -0.05) is 13.3 Å². The Hall–Kier alpha value is -0.420. The van der Waals surface area contributed by atoms with E-state index in [0.717, 1.165) is 6.42 Å². The van der Waals surface area contributed by atoms with Gasteiger partial charge in [0.2, 0.25) is 5.91 Å². The molecule has 0 fully saturated rings. The van der Waals surface area contributed by atoms with E-state index < -0.39 is 10.8 Å². The van der Waals surface area contributed by atoms with Crippen molar-refractivity contribution in [1.29, 1.82) is 0 Å². The van der Waals surface area contributed by atoms with Crippen LogP contribution in [0.2, 0.25) is 0 Å². The minimum absolute atomic E-state index is 0.00718. The van der Waals surface area contributed by atoms with E-state index in [-0.39, 0.29) is 11.8 Å². The highest BCUT2D eigenvalue weighted by atomic mass is 32.2. The van der Waals surface area contributed by atoms with Crippen LogP contribution in [0, 0.1) is 5.92 Å². The maximum Gasteiger partial charge on any atom is 0.220 e. The van der Waals surface area contributed by atoms with E-state index in [4.69, 9.17) is 5.73 Å². The standard InChI is InChI=1S/C9H20N2O2S/c1-3-8(7-10)6-9(12)11-4-5-14(2)13/h8H,3-7,10H2,1-2H3,(H,11,12). The molecule has 0 aliphatic rings. The zero-order valence-corrected chi connectivity index (χ0v) is 9.73. The molecule has 0 aliphatic carbocycles. The molecule has 4 nitrogen and oxygen atoms in total. The maximum atomic E-state index is 11.3. The molecule has 0 aromatic rings. The summed E-state index contributed by atoms with van der Waals surface area (Å²) in [4.78, 5) is 11.3. The summed E-state index contributed by atoms with van der Waals surface area (Å²) >= 11 is 0. The second kappa shape index (κ2) is 7.94. The van der Waals surface area contributed by atoms with Gasteiger partial charge in [-0.15, -0.1) is 0 Å². The van der Waals surface area contributed by atoms with Crippen LogP contribution < -0.4 is 11.1 Å². The van der Waals surface area contributed by atoms with E-state index >= 15 is 0 Å². The van der Waals surface area contributed by atoms with Gasteiger partial charge in [0.25, 0.3) is 0 Å². The Morgan fingerprint density at radius 2 is 2.21 bits per heavy atom. The lowest BCUT2D eigenvalue weighted by atomic mass is 10.0. The fourth-order valence-corrected chi connectivity index (χ4v) is 1.45. The molecule has 1 amide bonds. The van der Waals surface area contributed by atoms with Crippen molar-refractivity contribution in [3.05, 3.63) is 0 Å². The summed E-state index contributed by atoms with van der Waals surface area (Å²) in [5.41, 5.74) is 5.48. The molecule has 0 radical (unpaired) electrons. The van der Waals surface area contributed by atoms with Crippen molar-refractivity contribution in [3.8, 4) is 0 Å². The van der Waals surface area contributed by atoms with E-state index in [1.165, 1.54) is 0 Å². The average Bonchev–Trinajstić information content (AvgIpc) is 2.13. The van der Waals surface area contributed by atoms with E-state index in [1.807, 2.05) is 6.92 Å². The Labute approximate surface area is 88.1 Å². The SMILES string of the molecule is CCC(CN)CC(=O)NCCS(C)=O. The van der Waals surface area contributed by atoms with Crippen molar-refractivity contribution in [2.75, 3.05) is 25.1 Å². The molecule has 0 aliphatic heterocycles. The van der Waals surface area contributed by atoms with Gasteiger partial charge >= 0.3 is 0 Å². The van der Waals surface area contributed by atoms with Crippen LogP contribution in [0.15, 0.2) is 0 Å². The Kier molecular flexibility index (Phi) is 7.70. The van der Waals surface area contributed by atoms with Gasteiger partial charge in [0.15, 0.2) is 0 Å². The van der Waals surface area contributed by atoms with Gasteiger partial charge < -0.3 is 11.1 Å². The molecular formula is C9H20N2O2S. The highest BCUT2D eigenvalue weighted by Crippen LogP contribution is 2.04. The molecule has 0 saturated heterocycles. The maximum absolute atomic E-state index is 11.3. The molecule has 0 aromatic heterocycles. The lowest BCUT2D eigenvalue weighted by Gasteiger charge is -2.11. The average molecular weight is 220 g/mol. The number of rotatable bonds is 7. The summed E-state index contributed by atoms with van der Waals surface area (Å²) in [5.74, 6) is 0.792. The van der Waals surface area contributed by atoms with E-state index in [0.29, 0.717) is 25.3 Å². The largest absolute Gasteiger partial charge is 0.355 e. The predicted octanol–water partition coefficient (Wildman–Crippen LogP) is -0.144. The first kappa shape index (κ1) is 13.6. The van der Waals surface area contributed by atoms with Crippen LogP contribution in [0.4, 0.5) is 0 Å². The smallest absolute Gasteiger partial charge is 0.220 e. The van der Waals surface area contributed by atoms with Crippen LogP contribution in [0.3, 0.4) is 0 Å². The molecule has 0 spiro atoms.